The number of benzene rings is 2. The van der Waals surface area contributed by atoms with Crippen molar-refractivity contribution in [2.45, 2.75) is 13.3 Å². The molecule has 0 saturated carbocycles. The third-order valence-corrected chi connectivity index (χ3v) is 4.51. The van der Waals surface area contributed by atoms with Crippen LogP contribution < -0.4 is 10.6 Å². The second-order valence-corrected chi connectivity index (χ2v) is 6.56. The van der Waals surface area contributed by atoms with Crippen molar-refractivity contribution in [2.24, 2.45) is 5.73 Å². The van der Waals surface area contributed by atoms with Crippen molar-refractivity contribution >= 4 is 23.5 Å². The quantitative estimate of drug-likeness (QED) is 0.577. The summed E-state index contributed by atoms with van der Waals surface area (Å²) in [4.78, 5) is 37.7. The van der Waals surface area contributed by atoms with Crippen molar-refractivity contribution < 1.29 is 19.1 Å². The minimum Gasteiger partial charge on any atom is -0.452 e. The predicted octanol–water partition coefficient (Wildman–Crippen LogP) is 2.25. The Labute approximate surface area is 173 Å². The minimum atomic E-state index is -0.647. The Morgan fingerprint density at radius 3 is 2.30 bits per heavy atom. The maximum Gasteiger partial charge on any atom is 0.342 e. The third-order valence-electron chi connectivity index (χ3n) is 4.51. The summed E-state index contributed by atoms with van der Waals surface area (Å²) in [6, 6.07) is 18.2. The standard InChI is InChI=1S/C22H22N4O4/c1-16-19(14-24-26(16)18-10-6-3-7-11-18)22(29)30-15-21(28)25(13-12-20(23)27)17-8-4-2-5-9-17/h2-11,14H,12-13,15H2,1H3,(H2,23,27). The molecule has 0 fully saturated rings. The fourth-order valence-electron chi connectivity index (χ4n) is 2.95. The highest BCUT2D eigenvalue weighted by molar-refractivity contribution is 5.97. The largest absolute Gasteiger partial charge is 0.452 e. The smallest absolute Gasteiger partial charge is 0.342 e. The van der Waals surface area contributed by atoms with E-state index < -0.39 is 24.4 Å². The molecule has 8 nitrogen and oxygen atoms in total. The fraction of sp³-hybridized carbons (Fsp3) is 0.182. The Hall–Kier alpha value is -3.94. The van der Waals surface area contributed by atoms with Crippen LogP contribution in [0.5, 0.6) is 0 Å². The monoisotopic (exact) mass is 406 g/mol. The molecule has 2 amide bonds. The van der Waals surface area contributed by atoms with Crippen LogP contribution in [0.3, 0.4) is 0 Å². The number of anilines is 1. The molecule has 0 atom stereocenters. The van der Waals surface area contributed by atoms with Gasteiger partial charge in [-0.25, -0.2) is 9.48 Å². The Balaban J connectivity index is 1.69. The summed E-state index contributed by atoms with van der Waals surface area (Å²) in [7, 11) is 0. The third kappa shape index (κ3) is 4.91. The molecule has 0 radical (unpaired) electrons. The molecule has 0 spiro atoms. The lowest BCUT2D eigenvalue weighted by Gasteiger charge is -2.22. The molecule has 0 unspecified atom stereocenters. The number of rotatable bonds is 8. The van der Waals surface area contributed by atoms with Crippen LogP contribution in [0.1, 0.15) is 22.5 Å². The van der Waals surface area contributed by atoms with E-state index in [4.69, 9.17) is 10.5 Å². The summed E-state index contributed by atoms with van der Waals surface area (Å²) in [5, 5.41) is 4.23. The summed E-state index contributed by atoms with van der Waals surface area (Å²) in [6.45, 7) is 1.38. The van der Waals surface area contributed by atoms with E-state index in [2.05, 4.69) is 5.10 Å². The molecule has 0 aliphatic carbocycles. The molecule has 0 bridgehead atoms. The first-order valence-electron chi connectivity index (χ1n) is 9.38. The Morgan fingerprint density at radius 2 is 1.67 bits per heavy atom. The van der Waals surface area contributed by atoms with E-state index in [1.807, 2.05) is 36.4 Å². The van der Waals surface area contributed by atoms with Gasteiger partial charge in [-0.15, -0.1) is 0 Å². The number of carbonyl (C=O) groups is 3. The van der Waals surface area contributed by atoms with Gasteiger partial charge in [0.25, 0.3) is 5.91 Å². The van der Waals surface area contributed by atoms with Crippen molar-refractivity contribution in [1.29, 1.82) is 0 Å². The van der Waals surface area contributed by atoms with E-state index in [1.54, 1.807) is 35.9 Å². The summed E-state index contributed by atoms with van der Waals surface area (Å²) < 4.78 is 6.86. The number of primary amides is 1. The van der Waals surface area contributed by atoms with E-state index in [1.165, 1.54) is 11.1 Å². The van der Waals surface area contributed by atoms with Gasteiger partial charge in [-0.3, -0.25) is 9.59 Å². The highest BCUT2D eigenvalue weighted by Gasteiger charge is 2.21. The lowest BCUT2D eigenvalue weighted by Crippen LogP contribution is -2.37. The van der Waals surface area contributed by atoms with Gasteiger partial charge in [-0.05, 0) is 31.2 Å². The first-order valence-corrected chi connectivity index (χ1v) is 9.38. The van der Waals surface area contributed by atoms with Crippen LogP contribution >= 0.6 is 0 Å². The minimum absolute atomic E-state index is 0.00245. The van der Waals surface area contributed by atoms with E-state index in [0.29, 0.717) is 11.4 Å². The molecule has 1 heterocycles. The van der Waals surface area contributed by atoms with Gasteiger partial charge in [0.2, 0.25) is 5.91 Å². The molecule has 3 aromatic rings. The number of carbonyl (C=O) groups excluding carboxylic acids is 3. The molecule has 30 heavy (non-hydrogen) atoms. The van der Waals surface area contributed by atoms with Gasteiger partial charge in [0.15, 0.2) is 6.61 Å². The number of hydrogen-bond acceptors (Lipinski definition) is 5. The lowest BCUT2D eigenvalue weighted by molar-refractivity contribution is -0.121. The molecular weight excluding hydrogens is 384 g/mol. The molecule has 154 valence electrons. The molecule has 2 N–H and O–H groups in total. The molecule has 1 aromatic heterocycles. The average Bonchev–Trinajstić information content (AvgIpc) is 3.14. The van der Waals surface area contributed by atoms with Crippen LogP contribution in [0, 0.1) is 6.92 Å². The average molecular weight is 406 g/mol. The Bertz CT molecular complexity index is 1030. The van der Waals surface area contributed by atoms with Crippen LogP contribution in [-0.2, 0) is 14.3 Å². The molecule has 0 aliphatic rings. The number of esters is 1. The van der Waals surface area contributed by atoms with Gasteiger partial charge in [0, 0.05) is 18.7 Å². The maximum atomic E-state index is 12.7. The van der Waals surface area contributed by atoms with Gasteiger partial charge >= 0.3 is 5.97 Å². The normalized spacial score (nSPS) is 10.4. The van der Waals surface area contributed by atoms with Crippen molar-refractivity contribution in [2.75, 3.05) is 18.1 Å². The molecular formula is C22H22N4O4. The summed E-state index contributed by atoms with van der Waals surface area (Å²) in [5.41, 5.74) is 7.49. The second-order valence-electron chi connectivity index (χ2n) is 6.56. The van der Waals surface area contributed by atoms with E-state index in [9.17, 15) is 14.4 Å². The number of amides is 2. The first-order chi connectivity index (χ1) is 14.5. The zero-order valence-electron chi connectivity index (χ0n) is 16.5. The van der Waals surface area contributed by atoms with Crippen LogP contribution in [0.25, 0.3) is 5.69 Å². The van der Waals surface area contributed by atoms with Crippen molar-refractivity contribution in [3.05, 3.63) is 78.1 Å². The van der Waals surface area contributed by atoms with Gasteiger partial charge in [0.05, 0.1) is 17.6 Å². The van der Waals surface area contributed by atoms with E-state index in [-0.39, 0.29) is 18.5 Å². The molecule has 0 aliphatic heterocycles. The highest BCUT2D eigenvalue weighted by atomic mass is 16.5. The summed E-state index contributed by atoms with van der Waals surface area (Å²) >= 11 is 0. The topological polar surface area (TPSA) is 108 Å². The SMILES string of the molecule is Cc1c(C(=O)OCC(=O)N(CCC(N)=O)c2ccccc2)cnn1-c1ccccc1. The zero-order valence-corrected chi connectivity index (χ0v) is 16.5. The maximum absolute atomic E-state index is 12.7. The van der Waals surface area contributed by atoms with Gasteiger partial charge in [-0.1, -0.05) is 36.4 Å². The van der Waals surface area contributed by atoms with Crippen LogP contribution in [0.2, 0.25) is 0 Å². The molecule has 2 aromatic carbocycles. The van der Waals surface area contributed by atoms with Crippen molar-refractivity contribution in [1.82, 2.24) is 9.78 Å². The van der Waals surface area contributed by atoms with Crippen LogP contribution in [0.15, 0.2) is 66.9 Å². The number of nitrogens with zero attached hydrogens (tertiary/aromatic N) is 3. The number of aromatic nitrogens is 2. The first kappa shape index (κ1) is 20.8. The van der Waals surface area contributed by atoms with Gasteiger partial charge < -0.3 is 15.4 Å². The number of hydrogen-bond donors (Lipinski definition) is 1. The molecule has 8 heteroatoms. The predicted molar refractivity (Wildman–Crippen MR) is 111 cm³/mol. The summed E-state index contributed by atoms with van der Waals surface area (Å²) in [6.07, 6.45) is 1.41. The number of nitrogens with two attached hydrogens (primary N) is 1. The summed E-state index contributed by atoms with van der Waals surface area (Å²) in [5.74, 6) is -1.63. The fourth-order valence-corrected chi connectivity index (χ4v) is 2.95. The zero-order chi connectivity index (χ0) is 21.5. The van der Waals surface area contributed by atoms with E-state index >= 15 is 0 Å². The molecule has 3 rings (SSSR count). The van der Waals surface area contributed by atoms with Crippen LogP contribution in [0.4, 0.5) is 5.69 Å². The van der Waals surface area contributed by atoms with Gasteiger partial charge in [0.1, 0.15) is 5.56 Å². The number of para-hydroxylation sites is 2. The Morgan fingerprint density at radius 1 is 1.03 bits per heavy atom. The Kier molecular flexibility index (Phi) is 6.59. The lowest BCUT2D eigenvalue weighted by atomic mass is 10.2. The number of ether oxygens (including phenoxy) is 1. The second kappa shape index (κ2) is 9.51. The van der Waals surface area contributed by atoms with Crippen molar-refractivity contribution in [3.8, 4) is 5.69 Å². The van der Waals surface area contributed by atoms with E-state index in [0.717, 1.165) is 5.69 Å². The van der Waals surface area contributed by atoms with Crippen molar-refractivity contribution in [3.63, 3.8) is 0 Å². The molecule has 0 saturated heterocycles. The highest BCUT2D eigenvalue weighted by Crippen LogP contribution is 2.16. The van der Waals surface area contributed by atoms with Crippen LogP contribution in [-0.4, -0.2) is 40.7 Å². The van der Waals surface area contributed by atoms with Gasteiger partial charge in [-0.2, -0.15) is 5.10 Å².